The summed E-state index contributed by atoms with van der Waals surface area (Å²) in [7, 11) is 0. The third-order valence-electron chi connectivity index (χ3n) is 2.22. The molecule has 0 saturated carbocycles. The van der Waals surface area contributed by atoms with Crippen molar-refractivity contribution in [1.29, 1.82) is 0 Å². The fourth-order valence-electron chi connectivity index (χ4n) is 1.25. The van der Waals surface area contributed by atoms with Crippen molar-refractivity contribution >= 4 is 5.97 Å². The second-order valence-electron chi connectivity index (χ2n) is 3.88. The van der Waals surface area contributed by atoms with Gasteiger partial charge in [0.25, 0.3) is 0 Å². The van der Waals surface area contributed by atoms with Gasteiger partial charge in [-0.15, -0.1) is 5.76 Å². The van der Waals surface area contributed by atoms with E-state index in [9.17, 15) is 9.90 Å². The molecule has 0 rings (SSSR count). The predicted octanol–water partition coefficient (Wildman–Crippen LogP) is -2.92. The number of hydrogen-bond donors (Lipinski definition) is 3. The Bertz CT molecular complexity index is 235. The largest absolute Gasteiger partial charge is 1.00 e. The van der Waals surface area contributed by atoms with Gasteiger partial charge >= 0.3 is 57.4 Å². The van der Waals surface area contributed by atoms with Gasteiger partial charge in [0.2, 0.25) is 0 Å². The Morgan fingerprint density at radius 1 is 1.28 bits per heavy atom. The van der Waals surface area contributed by atoms with Crippen molar-refractivity contribution in [3.63, 3.8) is 0 Å². The number of hydrogen-bond acceptors (Lipinski definition) is 4. The summed E-state index contributed by atoms with van der Waals surface area (Å²) in [5, 5.41) is 25.7. The molecule has 0 aromatic heterocycles. The number of nitrogens with one attached hydrogen (secondary N) is 2. The van der Waals surface area contributed by atoms with Crippen molar-refractivity contribution in [1.82, 2.24) is 10.6 Å². The first-order chi connectivity index (χ1) is 8.16. The molecule has 0 aromatic carbocycles. The summed E-state index contributed by atoms with van der Waals surface area (Å²) in [6.07, 6.45) is 4.87. The molecule has 0 heterocycles. The van der Waals surface area contributed by atoms with Crippen LogP contribution >= 0.6 is 0 Å². The molecule has 0 spiro atoms. The standard InChI is InChI=1S/C12H24N2O3.K/c1-2-3-4-5-11(15)10-14-9-8-13-7-6-12(16)17;/h5,13-15H,2-4,6-10H2,1H3,(H,16,17);/q;+1/p-1/b11-5-;. The average Bonchev–Trinajstić information content (AvgIpc) is 2.28. The Morgan fingerprint density at radius 3 is 2.56 bits per heavy atom. The topological polar surface area (TPSA) is 84.4 Å². The fourth-order valence-corrected chi connectivity index (χ4v) is 1.25. The van der Waals surface area contributed by atoms with E-state index in [2.05, 4.69) is 17.6 Å². The van der Waals surface area contributed by atoms with Crippen LogP contribution in [-0.2, 0) is 4.79 Å². The second kappa shape index (κ2) is 15.6. The Labute approximate surface area is 152 Å². The van der Waals surface area contributed by atoms with Gasteiger partial charge in [0, 0.05) is 26.2 Å². The molecule has 0 aromatic rings. The number of carboxylic acids is 1. The molecule has 3 N–H and O–H groups in total. The van der Waals surface area contributed by atoms with Crippen LogP contribution in [0.2, 0.25) is 0 Å². The van der Waals surface area contributed by atoms with Crippen molar-refractivity contribution in [2.45, 2.75) is 32.6 Å². The number of rotatable bonds is 11. The number of unbranched alkanes of at least 4 members (excludes halogenated alkanes) is 2. The van der Waals surface area contributed by atoms with Crippen molar-refractivity contribution in [3.05, 3.63) is 11.8 Å². The summed E-state index contributed by atoms with van der Waals surface area (Å²) in [4.78, 5) is 10.2. The minimum atomic E-state index is -0.800. The summed E-state index contributed by atoms with van der Waals surface area (Å²) >= 11 is 0. The predicted molar refractivity (Wildman–Crippen MR) is 65.6 cm³/mol. The van der Waals surface area contributed by atoms with Gasteiger partial charge in [0.15, 0.2) is 0 Å². The number of carboxylic acid groups (broad SMARTS) is 1. The molecule has 0 aliphatic carbocycles. The summed E-state index contributed by atoms with van der Waals surface area (Å²) in [6.45, 7) is 4.28. The molecule has 6 heteroatoms. The van der Waals surface area contributed by atoms with E-state index in [1.54, 1.807) is 6.08 Å². The molecule has 0 aliphatic heterocycles. The van der Waals surface area contributed by atoms with Crippen molar-refractivity contribution in [2.24, 2.45) is 0 Å². The zero-order valence-electron chi connectivity index (χ0n) is 11.5. The molecule has 100 valence electrons. The quantitative estimate of drug-likeness (QED) is 0.215. The maximum atomic E-state index is 11.3. The molecular formula is C12H23KN2O3. The SMILES string of the molecule is CCCC/C=C(\[O-])CNCCNCCC(=O)O.[K+]. The maximum Gasteiger partial charge on any atom is 1.00 e. The molecule has 0 aliphatic rings. The monoisotopic (exact) mass is 282 g/mol. The zero-order chi connectivity index (χ0) is 12.9. The van der Waals surface area contributed by atoms with E-state index < -0.39 is 5.97 Å². The van der Waals surface area contributed by atoms with Crippen molar-refractivity contribution in [2.75, 3.05) is 26.2 Å². The van der Waals surface area contributed by atoms with E-state index in [-0.39, 0.29) is 63.6 Å². The van der Waals surface area contributed by atoms with Gasteiger partial charge in [0.05, 0.1) is 6.42 Å². The van der Waals surface area contributed by atoms with Crippen LogP contribution in [0.1, 0.15) is 32.6 Å². The fraction of sp³-hybridized carbons (Fsp3) is 0.750. The van der Waals surface area contributed by atoms with Gasteiger partial charge in [-0.3, -0.25) is 4.79 Å². The molecule has 5 nitrogen and oxygen atoms in total. The maximum absolute atomic E-state index is 11.3. The van der Waals surface area contributed by atoms with E-state index in [1.807, 2.05) is 0 Å². The first kappa shape index (κ1) is 20.9. The molecule has 0 radical (unpaired) electrons. The van der Waals surface area contributed by atoms with Crippen LogP contribution in [0.25, 0.3) is 0 Å². The van der Waals surface area contributed by atoms with E-state index in [0.29, 0.717) is 26.2 Å². The van der Waals surface area contributed by atoms with E-state index in [1.165, 1.54) is 0 Å². The van der Waals surface area contributed by atoms with Gasteiger partial charge in [0.1, 0.15) is 0 Å². The van der Waals surface area contributed by atoms with Crippen LogP contribution in [0, 0.1) is 0 Å². The van der Waals surface area contributed by atoms with Crippen LogP contribution in [0.5, 0.6) is 0 Å². The summed E-state index contributed by atoms with van der Waals surface area (Å²) in [5.41, 5.74) is 0. The van der Waals surface area contributed by atoms with Gasteiger partial charge in [-0.05, 0) is 6.42 Å². The van der Waals surface area contributed by atoms with Crippen LogP contribution in [0.3, 0.4) is 0 Å². The average molecular weight is 282 g/mol. The Kier molecular flexibility index (Phi) is 18.1. The molecule has 0 bridgehead atoms. The van der Waals surface area contributed by atoms with Gasteiger partial charge in [-0.1, -0.05) is 25.8 Å². The number of aliphatic carboxylic acids is 1. The van der Waals surface area contributed by atoms with Crippen molar-refractivity contribution in [3.8, 4) is 0 Å². The van der Waals surface area contributed by atoms with Gasteiger partial charge in [-0.2, -0.15) is 0 Å². The molecule has 0 atom stereocenters. The second-order valence-corrected chi connectivity index (χ2v) is 3.88. The van der Waals surface area contributed by atoms with Gasteiger partial charge in [-0.25, -0.2) is 0 Å². The third-order valence-corrected chi connectivity index (χ3v) is 2.22. The Balaban J connectivity index is 0. The number of allylic oxidation sites excluding steroid dienone is 1. The third kappa shape index (κ3) is 16.6. The van der Waals surface area contributed by atoms with E-state index in [0.717, 1.165) is 19.3 Å². The molecule has 18 heavy (non-hydrogen) atoms. The molecule has 0 fully saturated rings. The Morgan fingerprint density at radius 2 is 1.94 bits per heavy atom. The normalized spacial score (nSPS) is 11.1. The summed E-state index contributed by atoms with van der Waals surface area (Å²) in [5.74, 6) is -0.671. The van der Waals surface area contributed by atoms with Crippen LogP contribution in [-0.4, -0.2) is 37.3 Å². The minimum Gasteiger partial charge on any atom is -0.875 e. The Hall–Kier alpha value is 0.566. The first-order valence-corrected chi connectivity index (χ1v) is 6.16. The van der Waals surface area contributed by atoms with Crippen LogP contribution < -0.4 is 67.1 Å². The van der Waals surface area contributed by atoms with E-state index >= 15 is 0 Å². The van der Waals surface area contributed by atoms with Crippen LogP contribution in [0.4, 0.5) is 0 Å². The van der Waals surface area contributed by atoms with E-state index in [4.69, 9.17) is 5.11 Å². The molecule has 0 unspecified atom stereocenters. The summed E-state index contributed by atoms with van der Waals surface area (Å²) in [6, 6.07) is 0. The van der Waals surface area contributed by atoms with Crippen molar-refractivity contribution < 1.29 is 66.4 Å². The molecule has 0 amide bonds. The zero-order valence-corrected chi connectivity index (χ0v) is 14.6. The minimum absolute atomic E-state index is 0. The molecule has 0 saturated heterocycles. The van der Waals surface area contributed by atoms with Gasteiger partial charge < -0.3 is 20.8 Å². The summed E-state index contributed by atoms with van der Waals surface area (Å²) < 4.78 is 0. The molecular weight excluding hydrogens is 259 g/mol. The smallest absolute Gasteiger partial charge is 0.875 e. The van der Waals surface area contributed by atoms with Crippen LogP contribution in [0.15, 0.2) is 11.8 Å². The number of carbonyl (C=O) groups is 1. The first-order valence-electron chi connectivity index (χ1n) is 6.16.